The Balaban J connectivity index is 2.02. The number of carbonyl (C=O) groups is 1. The summed E-state index contributed by atoms with van der Waals surface area (Å²) in [6.45, 7) is 1.91. The number of benzene rings is 2. The normalized spacial score (nSPS) is 11.9. The first-order valence-electron chi connectivity index (χ1n) is 6.45. The monoisotopic (exact) mass is 288 g/mol. The molecule has 1 amide bonds. The van der Waals surface area contributed by atoms with Crippen LogP contribution in [-0.2, 0) is 11.2 Å². The van der Waals surface area contributed by atoms with Gasteiger partial charge in [0.05, 0.1) is 12.5 Å². The molecular weight excluding hydrogens is 272 g/mol. The highest BCUT2D eigenvalue weighted by Gasteiger charge is 2.13. The zero-order chi connectivity index (χ0) is 14.5. The molecule has 0 aliphatic rings. The van der Waals surface area contributed by atoms with Crippen LogP contribution in [0.25, 0.3) is 0 Å². The SMILES string of the molecule is CC(NC(=O)Cc1ccccc1N)c1ccccc1Cl. The van der Waals surface area contributed by atoms with Gasteiger partial charge in [0.2, 0.25) is 5.91 Å². The van der Waals surface area contributed by atoms with Gasteiger partial charge in [-0.3, -0.25) is 4.79 Å². The molecule has 2 aromatic rings. The topological polar surface area (TPSA) is 55.1 Å². The third kappa shape index (κ3) is 3.52. The number of para-hydroxylation sites is 1. The number of rotatable bonds is 4. The van der Waals surface area contributed by atoms with Crippen LogP contribution in [0.5, 0.6) is 0 Å². The highest BCUT2D eigenvalue weighted by atomic mass is 35.5. The molecule has 3 nitrogen and oxygen atoms in total. The van der Waals surface area contributed by atoms with Crippen LogP contribution in [-0.4, -0.2) is 5.91 Å². The van der Waals surface area contributed by atoms with E-state index in [2.05, 4.69) is 5.32 Å². The lowest BCUT2D eigenvalue weighted by Crippen LogP contribution is -2.28. The molecule has 4 heteroatoms. The lowest BCUT2D eigenvalue weighted by molar-refractivity contribution is -0.121. The van der Waals surface area contributed by atoms with Crippen molar-refractivity contribution in [2.45, 2.75) is 19.4 Å². The first kappa shape index (κ1) is 14.4. The third-order valence-electron chi connectivity index (χ3n) is 3.16. The van der Waals surface area contributed by atoms with Crippen LogP contribution in [0.2, 0.25) is 5.02 Å². The first-order chi connectivity index (χ1) is 9.58. The summed E-state index contributed by atoms with van der Waals surface area (Å²) in [4.78, 5) is 12.0. The van der Waals surface area contributed by atoms with Crippen molar-refractivity contribution < 1.29 is 4.79 Å². The highest BCUT2D eigenvalue weighted by molar-refractivity contribution is 6.31. The molecule has 20 heavy (non-hydrogen) atoms. The molecular formula is C16H17ClN2O. The van der Waals surface area contributed by atoms with Gasteiger partial charge in [0.25, 0.3) is 0 Å². The fourth-order valence-electron chi connectivity index (χ4n) is 2.06. The Morgan fingerprint density at radius 3 is 2.55 bits per heavy atom. The second-order valence-corrected chi connectivity index (χ2v) is 5.09. The summed E-state index contributed by atoms with van der Waals surface area (Å²) in [6.07, 6.45) is 0.265. The van der Waals surface area contributed by atoms with E-state index in [0.29, 0.717) is 10.7 Å². The van der Waals surface area contributed by atoms with Gasteiger partial charge in [-0.05, 0) is 30.2 Å². The van der Waals surface area contributed by atoms with Gasteiger partial charge < -0.3 is 11.1 Å². The molecule has 0 saturated carbocycles. The maximum Gasteiger partial charge on any atom is 0.224 e. The zero-order valence-electron chi connectivity index (χ0n) is 11.3. The van der Waals surface area contributed by atoms with Crippen molar-refractivity contribution >= 4 is 23.2 Å². The standard InChI is InChI=1S/C16H17ClN2O/c1-11(13-7-3-4-8-14(13)17)19-16(20)10-12-6-2-5-9-15(12)18/h2-9,11H,10,18H2,1H3,(H,19,20). The van der Waals surface area contributed by atoms with E-state index >= 15 is 0 Å². The van der Waals surface area contributed by atoms with Crippen LogP contribution >= 0.6 is 11.6 Å². The summed E-state index contributed by atoms with van der Waals surface area (Å²) in [7, 11) is 0. The molecule has 1 atom stereocenters. The van der Waals surface area contributed by atoms with Gasteiger partial charge in [0.1, 0.15) is 0 Å². The number of nitrogens with one attached hydrogen (secondary N) is 1. The Bertz CT molecular complexity index is 613. The molecule has 0 saturated heterocycles. The summed E-state index contributed by atoms with van der Waals surface area (Å²) >= 11 is 6.12. The fraction of sp³-hybridized carbons (Fsp3) is 0.188. The smallest absolute Gasteiger partial charge is 0.224 e. The minimum absolute atomic E-state index is 0.0738. The van der Waals surface area contributed by atoms with E-state index in [-0.39, 0.29) is 18.4 Å². The Kier molecular flexibility index (Phi) is 4.64. The van der Waals surface area contributed by atoms with E-state index in [1.807, 2.05) is 49.4 Å². The van der Waals surface area contributed by atoms with Crippen molar-refractivity contribution in [2.24, 2.45) is 0 Å². The second-order valence-electron chi connectivity index (χ2n) is 4.69. The molecule has 0 heterocycles. The lowest BCUT2D eigenvalue weighted by Gasteiger charge is -2.16. The van der Waals surface area contributed by atoms with Crippen molar-refractivity contribution in [3.63, 3.8) is 0 Å². The fourth-order valence-corrected chi connectivity index (χ4v) is 2.36. The number of carbonyl (C=O) groups excluding carboxylic acids is 1. The maximum absolute atomic E-state index is 12.0. The van der Waals surface area contributed by atoms with E-state index in [0.717, 1.165) is 11.1 Å². The zero-order valence-corrected chi connectivity index (χ0v) is 12.0. The number of nitrogen functional groups attached to an aromatic ring is 1. The van der Waals surface area contributed by atoms with Crippen molar-refractivity contribution in [1.82, 2.24) is 5.32 Å². The van der Waals surface area contributed by atoms with E-state index in [9.17, 15) is 4.79 Å². The molecule has 0 aliphatic carbocycles. The summed E-state index contributed by atoms with van der Waals surface area (Å²) in [5.41, 5.74) is 8.20. The minimum atomic E-state index is -0.138. The van der Waals surface area contributed by atoms with Gasteiger partial charge in [-0.25, -0.2) is 0 Å². The molecule has 0 fully saturated rings. The Hall–Kier alpha value is -2.00. The van der Waals surface area contributed by atoms with Gasteiger partial charge in [-0.1, -0.05) is 48.0 Å². The number of halogens is 1. The molecule has 2 rings (SSSR count). The van der Waals surface area contributed by atoms with Gasteiger partial charge in [-0.15, -0.1) is 0 Å². The molecule has 0 aliphatic heterocycles. The summed E-state index contributed by atoms with van der Waals surface area (Å²) in [5.74, 6) is -0.0738. The van der Waals surface area contributed by atoms with Crippen molar-refractivity contribution in [2.75, 3.05) is 5.73 Å². The number of hydrogen-bond donors (Lipinski definition) is 2. The number of anilines is 1. The van der Waals surface area contributed by atoms with Crippen LogP contribution in [0, 0.1) is 0 Å². The average molecular weight is 289 g/mol. The average Bonchev–Trinajstić information content (AvgIpc) is 2.41. The quantitative estimate of drug-likeness (QED) is 0.848. The molecule has 2 aromatic carbocycles. The van der Waals surface area contributed by atoms with E-state index < -0.39 is 0 Å². The lowest BCUT2D eigenvalue weighted by atomic mass is 10.1. The third-order valence-corrected chi connectivity index (χ3v) is 3.50. The Morgan fingerprint density at radius 1 is 1.20 bits per heavy atom. The van der Waals surface area contributed by atoms with Crippen LogP contribution in [0.3, 0.4) is 0 Å². The minimum Gasteiger partial charge on any atom is -0.398 e. The van der Waals surface area contributed by atoms with Crippen LogP contribution in [0.15, 0.2) is 48.5 Å². The molecule has 0 radical (unpaired) electrons. The summed E-state index contributed by atoms with van der Waals surface area (Å²) < 4.78 is 0. The van der Waals surface area contributed by atoms with Crippen molar-refractivity contribution in [1.29, 1.82) is 0 Å². The molecule has 104 valence electrons. The molecule has 0 spiro atoms. The van der Waals surface area contributed by atoms with Crippen LogP contribution in [0.1, 0.15) is 24.1 Å². The molecule has 0 bridgehead atoms. The first-order valence-corrected chi connectivity index (χ1v) is 6.83. The number of amides is 1. The van der Waals surface area contributed by atoms with Crippen LogP contribution < -0.4 is 11.1 Å². The predicted molar refractivity (Wildman–Crippen MR) is 82.6 cm³/mol. The van der Waals surface area contributed by atoms with Crippen molar-refractivity contribution in [3.8, 4) is 0 Å². The van der Waals surface area contributed by atoms with Gasteiger partial charge in [-0.2, -0.15) is 0 Å². The van der Waals surface area contributed by atoms with E-state index in [4.69, 9.17) is 17.3 Å². The van der Waals surface area contributed by atoms with Gasteiger partial charge in [0.15, 0.2) is 0 Å². The molecule has 3 N–H and O–H groups in total. The maximum atomic E-state index is 12.0. The number of nitrogens with two attached hydrogens (primary N) is 1. The summed E-state index contributed by atoms with van der Waals surface area (Å²) in [6, 6.07) is 14.7. The number of hydrogen-bond acceptors (Lipinski definition) is 2. The van der Waals surface area contributed by atoms with Gasteiger partial charge >= 0.3 is 0 Å². The second kappa shape index (κ2) is 6.44. The highest BCUT2D eigenvalue weighted by Crippen LogP contribution is 2.22. The Morgan fingerprint density at radius 2 is 1.85 bits per heavy atom. The van der Waals surface area contributed by atoms with Gasteiger partial charge in [0, 0.05) is 10.7 Å². The van der Waals surface area contributed by atoms with E-state index in [1.165, 1.54) is 0 Å². The van der Waals surface area contributed by atoms with Crippen LogP contribution in [0.4, 0.5) is 5.69 Å². The molecule has 0 aromatic heterocycles. The van der Waals surface area contributed by atoms with E-state index in [1.54, 1.807) is 6.07 Å². The predicted octanol–water partition coefficient (Wildman–Crippen LogP) is 3.34. The van der Waals surface area contributed by atoms with Crippen molar-refractivity contribution in [3.05, 3.63) is 64.7 Å². The largest absolute Gasteiger partial charge is 0.398 e. The Labute approximate surface area is 123 Å². The molecule has 1 unspecified atom stereocenters. The summed E-state index contributed by atoms with van der Waals surface area (Å²) in [5, 5.41) is 3.59.